The van der Waals surface area contributed by atoms with Gasteiger partial charge < -0.3 is 19.7 Å². The standard InChI is InChI=1S/C13H17ClO5/c1-4-13(2,17)7-19-11-9(12(15)16)5-8(14)6-10(11)18-3/h5-6,17H,4,7H2,1-3H3,(H,15,16). The summed E-state index contributed by atoms with van der Waals surface area (Å²) >= 11 is 5.81. The first-order chi connectivity index (χ1) is 8.80. The van der Waals surface area contributed by atoms with E-state index in [-0.39, 0.29) is 28.7 Å². The van der Waals surface area contributed by atoms with E-state index in [0.717, 1.165) is 0 Å². The Hall–Kier alpha value is -1.46. The number of hydrogen-bond acceptors (Lipinski definition) is 4. The number of rotatable bonds is 6. The fraction of sp³-hybridized carbons (Fsp3) is 0.462. The smallest absolute Gasteiger partial charge is 0.339 e. The minimum atomic E-state index is -1.17. The van der Waals surface area contributed by atoms with Crippen LogP contribution in [0.5, 0.6) is 11.5 Å². The maximum atomic E-state index is 11.2. The maximum absolute atomic E-state index is 11.2. The third-order valence-corrected chi connectivity index (χ3v) is 2.98. The van der Waals surface area contributed by atoms with Crippen LogP contribution in [0.4, 0.5) is 0 Å². The number of halogens is 1. The molecule has 0 spiro atoms. The molecule has 0 fully saturated rings. The minimum absolute atomic E-state index is 0.0399. The zero-order valence-electron chi connectivity index (χ0n) is 11.1. The summed E-state index contributed by atoms with van der Waals surface area (Å²) in [4.78, 5) is 11.2. The maximum Gasteiger partial charge on any atom is 0.339 e. The fourth-order valence-corrected chi connectivity index (χ4v) is 1.57. The van der Waals surface area contributed by atoms with Gasteiger partial charge in [0.05, 0.1) is 12.7 Å². The topological polar surface area (TPSA) is 76.0 Å². The van der Waals surface area contributed by atoms with Gasteiger partial charge >= 0.3 is 5.97 Å². The van der Waals surface area contributed by atoms with Gasteiger partial charge in [0.25, 0.3) is 0 Å². The average molecular weight is 289 g/mol. The first-order valence-corrected chi connectivity index (χ1v) is 6.14. The second kappa shape index (κ2) is 6.12. The van der Waals surface area contributed by atoms with E-state index in [1.54, 1.807) is 13.8 Å². The highest BCUT2D eigenvalue weighted by molar-refractivity contribution is 6.31. The predicted molar refractivity (Wildman–Crippen MR) is 71.4 cm³/mol. The number of hydrogen-bond donors (Lipinski definition) is 2. The van der Waals surface area contributed by atoms with Crippen molar-refractivity contribution in [2.45, 2.75) is 25.9 Å². The molecule has 0 amide bonds. The summed E-state index contributed by atoms with van der Waals surface area (Å²) in [6.07, 6.45) is 0.477. The Bertz CT molecular complexity index is 470. The summed E-state index contributed by atoms with van der Waals surface area (Å²) in [6, 6.07) is 2.74. The van der Waals surface area contributed by atoms with Crippen LogP contribution in [-0.2, 0) is 0 Å². The van der Waals surface area contributed by atoms with Gasteiger partial charge in [-0.15, -0.1) is 0 Å². The molecule has 5 nitrogen and oxygen atoms in total. The van der Waals surface area contributed by atoms with Gasteiger partial charge in [0.1, 0.15) is 12.2 Å². The van der Waals surface area contributed by atoms with Crippen molar-refractivity contribution in [3.8, 4) is 11.5 Å². The molecule has 0 radical (unpaired) electrons. The molecule has 6 heteroatoms. The van der Waals surface area contributed by atoms with E-state index in [2.05, 4.69) is 0 Å². The highest BCUT2D eigenvalue weighted by atomic mass is 35.5. The van der Waals surface area contributed by atoms with Crippen molar-refractivity contribution in [1.82, 2.24) is 0 Å². The first-order valence-electron chi connectivity index (χ1n) is 5.76. The molecule has 1 aromatic carbocycles. The van der Waals surface area contributed by atoms with Crippen LogP contribution in [0.3, 0.4) is 0 Å². The second-order valence-corrected chi connectivity index (χ2v) is 4.87. The normalized spacial score (nSPS) is 13.7. The lowest BCUT2D eigenvalue weighted by Gasteiger charge is -2.23. The summed E-state index contributed by atoms with van der Waals surface area (Å²) in [6.45, 7) is 3.37. The number of aliphatic hydroxyl groups is 1. The van der Waals surface area contributed by atoms with Gasteiger partial charge in [-0.1, -0.05) is 18.5 Å². The lowest BCUT2D eigenvalue weighted by molar-refractivity contribution is 0.00715. The second-order valence-electron chi connectivity index (χ2n) is 4.43. The van der Waals surface area contributed by atoms with Gasteiger partial charge in [-0.2, -0.15) is 0 Å². The molecule has 0 saturated heterocycles. The molecule has 0 aliphatic heterocycles. The quantitative estimate of drug-likeness (QED) is 0.841. The molecule has 0 aliphatic carbocycles. The van der Waals surface area contributed by atoms with Gasteiger partial charge in [-0.25, -0.2) is 4.79 Å². The fourth-order valence-electron chi connectivity index (χ4n) is 1.36. The van der Waals surface area contributed by atoms with Crippen LogP contribution >= 0.6 is 11.6 Å². The molecular weight excluding hydrogens is 272 g/mol. The van der Waals surface area contributed by atoms with E-state index < -0.39 is 11.6 Å². The van der Waals surface area contributed by atoms with Gasteiger partial charge in [0, 0.05) is 11.1 Å². The highest BCUT2D eigenvalue weighted by Crippen LogP contribution is 2.35. The number of ether oxygens (including phenoxy) is 2. The molecule has 106 valence electrons. The molecule has 0 heterocycles. The summed E-state index contributed by atoms with van der Waals surface area (Å²) in [7, 11) is 1.39. The van der Waals surface area contributed by atoms with Crippen LogP contribution in [0.1, 0.15) is 30.6 Å². The van der Waals surface area contributed by atoms with E-state index in [0.29, 0.717) is 6.42 Å². The summed E-state index contributed by atoms with van der Waals surface area (Å²) in [5.74, 6) is -0.892. The van der Waals surface area contributed by atoms with Crippen LogP contribution in [0, 0.1) is 0 Å². The van der Waals surface area contributed by atoms with Crippen molar-refractivity contribution in [3.63, 3.8) is 0 Å². The molecule has 19 heavy (non-hydrogen) atoms. The summed E-state index contributed by atoms with van der Waals surface area (Å²) < 4.78 is 10.5. The molecule has 0 aromatic heterocycles. The Morgan fingerprint density at radius 2 is 2.11 bits per heavy atom. The molecule has 0 bridgehead atoms. The van der Waals surface area contributed by atoms with Crippen LogP contribution in [0.25, 0.3) is 0 Å². The third kappa shape index (κ3) is 4.01. The number of benzene rings is 1. The molecule has 0 aliphatic rings. The third-order valence-electron chi connectivity index (χ3n) is 2.76. The van der Waals surface area contributed by atoms with Crippen molar-refractivity contribution in [3.05, 3.63) is 22.7 Å². The minimum Gasteiger partial charge on any atom is -0.493 e. The molecule has 2 N–H and O–H groups in total. The Labute approximate surface area is 116 Å². The number of carboxylic acids is 1. The van der Waals surface area contributed by atoms with Crippen molar-refractivity contribution in [2.75, 3.05) is 13.7 Å². The molecule has 1 rings (SSSR count). The summed E-state index contributed by atoms with van der Waals surface area (Å²) in [5.41, 5.74) is -1.14. The van der Waals surface area contributed by atoms with Crippen molar-refractivity contribution < 1.29 is 24.5 Å². The van der Waals surface area contributed by atoms with Crippen molar-refractivity contribution in [2.24, 2.45) is 0 Å². The van der Waals surface area contributed by atoms with Gasteiger partial charge in [0.2, 0.25) is 0 Å². The Morgan fingerprint density at radius 1 is 1.47 bits per heavy atom. The molecule has 1 aromatic rings. The lowest BCUT2D eigenvalue weighted by atomic mass is 10.1. The Morgan fingerprint density at radius 3 is 2.58 bits per heavy atom. The molecule has 0 saturated carbocycles. The first kappa shape index (κ1) is 15.6. The SMILES string of the molecule is CCC(C)(O)COc1c(OC)cc(Cl)cc1C(=O)O. The highest BCUT2D eigenvalue weighted by Gasteiger charge is 2.23. The molecular formula is C13H17ClO5. The number of methoxy groups -OCH3 is 1. The largest absolute Gasteiger partial charge is 0.493 e. The Balaban J connectivity index is 3.13. The van der Waals surface area contributed by atoms with Crippen LogP contribution < -0.4 is 9.47 Å². The Kier molecular flexibility index (Phi) is 5.03. The zero-order valence-corrected chi connectivity index (χ0v) is 11.8. The molecule has 1 unspecified atom stereocenters. The number of carboxylic acid groups (broad SMARTS) is 1. The summed E-state index contributed by atoms with van der Waals surface area (Å²) in [5, 5.41) is 19.3. The van der Waals surface area contributed by atoms with Crippen LogP contribution in [0.15, 0.2) is 12.1 Å². The van der Waals surface area contributed by atoms with E-state index in [1.165, 1.54) is 19.2 Å². The van der Waals surface area contributed by atoms with Gasteiger partial charge in [-0.05, 0) is 19.4 Å². The molecule has 1 atom stereocenters. The lowest BCUT2D eigenvalue weighted by Crippen LogP contribution is -2.31. The van der Waals surface area contributed by atoms with Crippen LogP contribution in [0.2, 0.25) is 5.02 Å². The number of aromatic carboxylic acids is 1. The average Bonchev–Trinajstić information content (AvgIpc) is 2.36. The van der Waals surface area contributed by atoms with Crippen molar-refractivity contribution in [1.29, 1.82) is 0 Å². The number of carbonyl (C=O) groups is 1. The van der Waals surface area contributed by atoms with E-state index >= 15 is 0 Å². The van der Waals surface area contributed by atoms with E-state index in [4.69, 9.17) is 26.2 Å². The monoisotopic (exact) mass is 288 g/mol. The van der Waals surface area contributed by atoms with Crippen molar-refractivity contribution >= 4 is 17.6 Å². The van der Waals surface area contributed by atoms with Gasteiger partial charge in [-0.3, -0.25) is 0 Å². The van der Waals surface area contributed by atoms with E-state index in [9.17, 15) is 9.90 Å². The van der Waals surface area contributed by atoms with Crippen LogP contribution in [-0.4, -0.2) is 35.5 Å². The zero-order chi connectivity index (χ0) is 14.6. The predicted octanol–water partition coefficient (Wildman–Crippen LogP) is 2.59. The van der Waals surface area contributed by atoms with Gasteiger partial charge in [0.15, 0.2) is 11.5 Å². The van der Waals surface area contributed by atoms with E-state index in [1.807, 2.05) is 0 Å².